The Balaban J connectivity index is 2.14. The molecular formula is C18H23N3O5S. The predicted molar refractivity (Wildman–Crippen MR) is 104 cm³/mol. The summed E-state index contributed by atoms with van der Waals surface area (Å²) in [5.41, 5.74) is 1.90. The fourth-order valence-corrected chi connectivity index (χ4v) is 3.81. The van der Waals surface area contributed by atoms with Gasteiger partial charge in [-0.1, -0.05) is 18.2 Å². The number of anilines is 1. The normalized spacial score (nSPS) is 11.4. The second-order valence-corrected chi connectivity index (χ2v) is 8.13. The number of nitro groups is 1. The molecule has 0 radical (unpaired) electrons. The van der Waals surface area contributed by atoms with Crippen molar-refractivity contribution in [1.82, 2.24) is 4.31 Å². The first-order valence-corrected chi connectivity index (χ1v) is 9.74. The van der Waals surface area contributed by atoms with E-state index in [0.29, 0.717) is 0 Å². The number of nitrogens with zero attached hydrogens (tertiary/aromatic N) is 2. The lowest BCUT2D eigenvalue weighted by molar-refractivity contribution is -0.384. The highest BCUT2D eigenvalue weighted by Gasteiger charge is 2.25. The van der Waals surface area contributed by atoms with Gasteiger partial charge in [0.2, 0.25) is 10.0 Å². The zero-order valence-electron chi connectivity index (χ0n) is 15.7. The highest BCUT2D eigenvalue weighted by Crippen LogP contribution is 2.28. The molecule has 2 aromatic rings. The molecule has 0 unspecified atom stereocenters. The molecule has 9 heteroatoms. The van der Waals surface area contributed by atoms with Gasteiger partial charge in [-0.15, -0.1) is 0 Å². The number of benzene rings is 2. The van der Waals surface area contributed by atoms with Crippen LogP contribution < -0.4 is 10.1 Å². The summed E-state index contributed by atoms with van der Waals surface area (Å²) in [6.45, 7) is 4.12. The molecule has 2 rings (SSSR count). The SMILES string of the molecule is CNc1ccc(S(=O)(=O)N(C)CCOc2c(C)cccc2C)cc1[N+](=O)[O-]. The van der Waals surface area contributed by atoms with Crippen molar-refractivity contribution in [1.29, 1.82) is 0 Å². The second kappa shape index (κ2) is 8.36. The largest absolute Gasteiger partial charge is 0.492 e. The van der Waals surface area contributed by atoms with E-state index in [1.54, 1.807) is 0 Å². The van der Waals surface area contributed by atoms with Crippen molar-refractivity contribution >= 4 is 21.4 Å². The van der Waals surface area contributed by atoms with Crippen LogP contribution in [0.4, 0.5) is 11.4 Å². The van der Waals surface area contributed by atoms with Crippen LogP contribution in [0.15, 0.2) is 41.3 Å². The van der Waals surface area contributed by atoms with Crippen molar-refractivity contribution in [3.63, 3.8) is 0 Å². The molecule has 0 aliphatic carbocycles. The van der Waals surface area contributed by atoms with Crippen LogP contribution in [-0.4, -0.2) is 44.9 Å². The van der Waals surface area contributed by atoms with Gasteiger partial charge in [0.25, 0.3) is 5.69 Å². The smallest absolute Gasteiger partial charge is 0.293 e. The van der Waals surface area contributed by atoms with E-state index in [4.69, 9.17) is 4.74 Å². The Labute approximate surface area is 159 Å². The highest BCUT2D eigenvalue weighted by atomic mass is 32.2. The van der Waals surface area contributed by atoms with Gasteiger partial charge in [-0.2, -0.15) is 4.31 Å². The van der Waals surface area contributed by atoms with Gasteiger partial charge in [0.15, 0.2) is 0 Å². The van der Waals surface area contributed by atoms with Crippen molar-refractivity contribution in [3.05, 3.63) is 57.6 Å². The van der Waals surface area contributed by atoms with E-state index in [1.807, 2.05) is 32.0 Å². The topological polar surface area (TPSA) is 102 Å². The lowest BCUT2D eigenvalue weighted by Gasteiger charge is -2.19. The van der Waals surface area contributed by atoms with Crippen molar-refractivity contribution in [2.45, 2.75) is 18.7 Å². The van der Waals surface area contributed by atoms with Crippen molar-refractivity contribution < 1.29 is 18.1 Å². The third-order valence-corrected chi connectivity index (χ3v) is 6.06. The first-order valence-electron chi connectivity index (χ1n) is 8.30. The maximum absolute atomic E-state index is 12.7. The molecule has 0 fully saturated rings. The van der Waals surface area contributed by atoms with Gasteiger partial charge in [0, 0.05) is 26.7 Å². The molecule has 0 aromatic heterocycles. The van der Waals surface area contributed by atoms with Crippen LogP contribution in [0.3, 0.4) is 0 Å². The summed E-state index contributed by atoms with van der Waals surface area (Å²) < 4.78 is 32.3. The Morgan fingerprint density at radius 3 is 2.37 bits per heavy atom. The average Bonchev–Trinajstić information content (AvgIpc) is 2.63. The van der Waals surface area contributed by atoms with Gasteiger partial charge in [-0.25, -0.2) is 8.42 Å². The summed E-state index contributed by atoms with van der Waals surface area (Å²) in [6.07, 6.45) is 0. The van der Waals surface area contributed by atoms with Gasteiger partial charge in [-0.05, 0) is 37.1 Å². The molecule has 2 aromatic carbocycles. The summed E-state index contributed by atoms with van der Waals surface area (Å²) in [6, 6.07) is 9.55. The van der Waals surface area contributed by atoms with Gasteiger partial charge < -0.3 is 10.1 Å². The van der Waals surface area contributed by atoms with Gasteiger partial charge in [-0.3, -0.25) is 10.1 Å². The fourth-order valence-electron chi connectivity index (χ4n) is 2.64. The minimum Gasteiger partial charge on any atom is -0.492 e. The Morgan fingerprint density at radius 1 is 1.19 bits per heavy atom. The second-order valence-electron chi connectivity index (χ2n) is 6.08. The van der Waals surface area contributed by atoms with Gasteiger partial charge >= 0.3 is 0 Å². The van der Waals surface area contributed by atoms with Crippen LogP contribution in [0.5, 0.6) is 5.75 Å². The molecule has 8 nitrogen and oxygen atoms in total. The van der Waals surface area contributed by atoms with Crippen LogP contribution in [0.1, 0.15) is 11.1 Å². The van der Waals surface area contributed by atoms with E-state index in [-0.39, 0.29) is 29.4 Å². The molecule has 0 atom stereocenters. The number of ether oxygens (including phenoxy) is 1. The fraction of sp³-hybridized carbons (Fsp3) is 0.333. The summed E-state index contributed by atoms with van der Waals surface area (Å²) in [4.78, 5) is 10.4. The molecule has 0 saturated carbocycles. The maximum atomic E-state index is 12.7. The van der Waals surface area contributed by atoms with E-state index in [9.17, 15) is 18.5 Å². The number of aryl methyl sites for hydroxylation is 2. The van der Waals surface area contributed by atoms with Crippen LogP contribution in [0.2, 0.25) is 0 Å². The molecule has 0 aliphatic heterocycles. The number of nitrogens with one attached hydrogen (secondary N) is 1. The Morgan fingerprint density at radius 2 is 1.81 bits per heavy atom. The number of rotatable bonds is 8. The maximum Gasteiger partial charge on any atom is 0.293 e. The summed E-state index contributed by atoms with van der Waals surface area (Å²) in [5.74, 6) is 0.734. The predicted octanol–water partition coefficient (Wildman–Crippen LogP) is 2.95. The number of nitro benzene ring substituents is 1. The molecule has 0 saturated heterocycles. The molecule has 0 heterocycles. The van der Waals surface area contributed by atoms with E-state index >= 15 is 0 Å². The average molecular weight is 393 g/mol. The lowest BCUT2D eigenvalue weighted by atomic mass is 10.1. The number of likely N-dealkylation sites (N-methyl/N-ethyl adjacent to an activating group) is 1. The van der Waals surface area contributed by atoms with E-state index in [1.165, 1.54) is 26.2 Å². The summed E-state index contributed by atoms with van der Waals surface area (Å²) in [7, 11) is -0.920. The van der Waals surface area contributed by atoms with Crippen LogP contribution >= 0.6 is 0 Å². The monoisotopic (exact) mass is 393 g/mol. The molecule has 0 amide bonds. The molecule has 27 heavy (non-hydrogen) atoms. The van der Waals surface area contributed by atoms with E-state index < -0.39 is 14.9 Å². The van der Waals surface area contributed by atoms with Crippen LogP contribution in [0.25, 0.3) is 0 Å². The minimum atomic E-state index is -3.87. The number of hydrogen-bond acceptors (Lipinski definition) is 6. The minimum absolute atomic E-state index is 0.109. The van der Waals surface area contributed by atoms with Crippen LogP contribution in [-0.2, 0) is 10.0 Å². The van der Waals surface area contributed by atoms with E-state index in [2.05, 4.69) is 5.32 Å². The number of sulfonamides is 1. The summed E-state index contributed by atoms with van der Waals surface area (Å²) in [5, 5.41) is 13.8. The van der Waals surface area contributed by atoms with Gasteiger partial charge in [0.05, 0.1) is 9.82 Å². The first kappa shape index (κ1) is 20.7. The van der Waals surface area contributed by atoms with Crippen LogP contribution in [0, 0.1) is 24.0 Å². The third-order valence-electron chi connectivity index (χ3n) is 4.20. The third kappa shape index (κ3) is 4.55. The zero-order valence-corrected chi connectivity index (χ0v) is 16.5. The molecule has 0 aliphatic rings. The highest BCUT2D eigenvalue weighted by molar-refractivity contribution is 7.89. The first-order chi connectivity index (χ1) is 12.7. The Hall–Kier alpha value is -2.65. The Bertz CT molecular complexity index is 924. The van der Waals surface area contributed by atoms with Gasteiger partial charge in [0.1, 0.15) is 18.0 Å². The molecule has 0 bridgehead atoms. The number of hydrogen-bond donors (Lipinski definition) is 1. The van der Waals surface area contributed by atoms with E-state index in [0.717, 1.165) is 27.2 Å². The van der Waals surface area contributed by atoms with Crippen molar-refractivity contribution in [2.75, 3.05) is 32.6 Å². The van der Waals surface area contributed by atoms with Crippen molar-refractivity contribution in [2.24, 2.45) is 0 Å². The number of para-hydroxylation sites is 1. The standard InChI is InChI=1S/C18H23N3O5S/c1-13-6-5-7-14(2)18(13)26-11-10-20(4)27(24,25)15-8-9-16(19-3)17(12-15)21(22)23/h5-9,12,19H,10-11H2,1-4H3. The Kier molecular flexibility index (Phi) is 6.40. The quantitative estimate of drug-likeness (QED) is 0.546. The summed E-state index contributed by atoms with van der Waals surface area (Å²) >= 11 is 0. The zero-order chi connectivity index (χ0) is 20.2. The lowest BCUT2D eigenvalue weighted by Crippen LogP contribution is -2.31. The molecular weight excluding hydrogens is 370 g/mol. The molecule has 1 N–H and O–H groups in total. The molecule has 0 spiro atoms. The van der Waals surface area contributed by atoms with Crippen molar-refractivity contribution in [3.8, 4) is 5.75 Å². The molecule has 146 valence electrons.